The monoisotopic (exact) mass is 485 g/mol. The van der Waals surface area contributed by atoms with Crippen molar-refractivity contribution in [1.29, 1.82) is 0 Å². The van der Waals surface area contributed by atoms with Gasteiger partial charge in [-0.1, -0.05) is 24.3 Å². The first-order chi connectivity index (χ1) is 16.5. The molecule has 4 rings (SSSR count). The van der Waals surface area contributed by atoms with Crippen LogP contribution in [0.5, 0.6) is 11.5 Å². The topological polar surface area (TPSA) is 65.1 Å². The molecule has 3 aliphatic rings. The minimum Gasteiger partial charge on any atom is -0.493 e. The Morgan fingerprint density at radius 3 is 2.26 bits per heavy atom. The Bertz CT molecular complexity index is 1010. The summed E-state index contributed by atoms with van der Waals surface area (Å²) in [6.07, 6.45) is 6.72. The molecule has 0 unspecified atom stereocenters. The number of hydrogen-bond acceptors (Lipinski definition) is 6. The number of allylic oxidation sites excluding steroid dienone is 4. The number of carbonyl (C=O) groups excluding carboxylic acids is 2. The normalized spacial score (nSPS) is 18.7. The molecule has 0 radical (unpaired) electrons. The van der Waals surface area contributed by atoms with Gasteiger partial charge in [-0.25, -0.2) is 0 Å². The van der Waals surface area contributed by atoms with Crippen LogP contribution in [0.2, 0.25) is 5.02 Å². The standard InChI is InChI=1S/C27H32ClNO5/c1-4-13-34-27-18(28)15-17(16-23(27)33-3)24-25-19(8-5-10-21(25)30)29(12-7-14-32-2)20-9-6-11-22(31)26(20)24/h4,15-16,24H,1,5-14H2,2-3H3. The van der Waals surface area contributed by atoms with Crippen molar-refractivity contribution in [3.63, 3.8) is 0 Å². The minimum atomic E-state index is -0.441. The second-order valence-corrected chi connectivity index (χ2v) is 9.25. The smallest absolute Gasteiger partial charge is 0.180 e. The van der Waals surface area contributed by atoms with E-state index in [2.05, 4.69) is 11.5 Å². The number of hydrogen-bond donors (Lipinski definition) is 0. The molecule has 0 amide bonds. The maximum atomic E-state index is 13.4. The minimum absolute atomic E-state index is 0.106. The van der Waals surface area contributed by atoms with Crippen molar-refractivity contribution < 1.29 is 23.8 Å². The van der Waals surface area contributed by atoms with Crippen LogP contribution in [-0.4, -0.2) is 50.4 Å². The van der Waals surface area contributed by atoms with Gasteiger partial charge in [0.05, 0.1) is 12.1 Å². The van der Waals surface area contributed by atoms with E-state index in [0.29, 0.717) is 36.0 Å². The molecule has 2 aliphatic carbocycles. The summed E-state index contributed by atoms with van der Waals surface area (Å²) in [4.78, 5) is 29.0. The number of benzene rings is 1. The fraction of sp³-hybridized carbons (Fsp3) is 0.481. The molecule has 0 N–H and O–H groups in total. The van der Waals surface area contributed by atoms with E-state index in [9.17, 15) is 9.59 Å². The highest BCUT2D eigenvalue weighted by molar-refractivity contribution is 6.32. The summed E-state index contributed by atoms with van der Waals surface area (Å²) in [6, 6.07) is 3.67. The van der Waals surface area contributed by atoms with E-state index in [1.165, 1.54) is 0 Å². The van der Waals surface area contributed by atoms with Crippen LogP contribution in [0.3, 0.4) is 0 Å². The third-order valence-electron chi connectivity index (χ3n) is 6.75. The van der Waals surface area contributed by atoms with Crippen molar-refractivity contribution in [3.05, 3.63) is 57.9 Å². The third kappa shape index (κ3) is 4.53. The molecule has 182 valence electrons. The molecule has 0 saturated heterocycles. The molecule has 1 aromatic carbocycles. The second-order valence-electron chi connectivity index (χ2n) is 8.84. The molecule has 7 heteroatoms. The number of rotatable bonds is 9. The Kier molecular flexibility index (Phi) is 7.79. The van der Waals surface area contributed by atoms with Gasteiger partial charge in [-0.3, -0.25) is 9.59 Å². The van der Waals surface area contributed by atoms with Gasteiger partial charge in [-0.15, -0.1) is 0 Å². The first-order valence-corrected chi connectivity index (χ1v) is 12.3. The fourth-order valence-corrected chi connectivity index (χ4v) is 5.65. The average molecular weight is 486 g/mol. The summed E-state index contributed by atoms with van der Waals surface area (Å²) in [6.45, 7) is 5.34. The van der Waals surface area contributed by atoms with E-state index in [4.69, 9.17) is 25.8 Å². The SMILES string of the molecule is C=CCOc1c(Cl)cc(C2C3=C(CCCC3=O)N(CCCOC)C3=C2C(=O)CCC3)cc1OC. The van der Waals surface area contributed by atoms with Crippen molar-refractivity contribution in [2.24, 2.45) is 0 Å². The molecular formula is C27H32ClNO5. The summed E-state index contributed by atoms with van der Waals surface area (Å²) in [5.41, 5.74) is 4.35. The zero-order valence-corrected chi connectivity index (χ0v) is 20.7. The number of methoxy groups -OCH3 is 2. The predicted molar refractivity (Wildman–Crippen MR) is 131 cm³/mol. The van der Waals surface area contributed by atoms with E-state index in [-0.39, 0.29) is 18.2 Å². The van der Waals surface area contributed by atoms with Crippen LogP contribution in [0.15, 0.2) is 47.3 Å². The van der Waals surface area contributed by atoms with Gasteiger partial charge in [-0.05, 0) is 49.8 Å². The lowest BCUT2D eigenvalue weighted by molar-refractivity contribution is -0.117. The summed E-state index contributed by atoms with van der Waals surface area (Å²) >= 11 is 6.64. The van der Waals surface area contributed by atoms with E-state index in [0.717, 1.165) is 66.8 Å². The van der Waals surface area contributed by atoms with Gasteiger partial charge < -0.3 is 19.1 Å². The number of Topliss-reactive ketones (excluding diaryl/α,β-unsaturated/α-hetero) is 2. The molecule has 0 atom stereocenters. The van der Waals surface area contributed by atoms with Crippen LogP contribution < -0.4 is 9.47 Å². The molecule has 6 nitrogen and oxygen atoms in total. The summed E-state index contributed by atoms with van der Waals surface area (Å²) in [5, 5.41) is 0.384. The molecule has 34 heavy (non-hydrogen) atoms. The highest BCUT2D eigenvalue weighted by atomic mass is 35.5. The van der Waals surface area contributed by atoms with Crippen LogP contribution in [-0.2, 0) is 14.3 Å². The van der Waals surface area contributed by atoms with Crippen LogP contribution >= 0.6 is 11.6 Å². The predicted octanol–water partition coefficient (Wildman–Crippen LogP) is 5.36. The number of nitrogens with zero attached hydrogens (tertiary/aromatic N) is 1. The molecule has 0 saturated carbocycles. The summed E-state index contributed by atoms with van der Waals surface area (Å²) in [7, 11) is 3.25. The zero-order valence-electron chi connectivity index (χ0n) is 20.0. The molecule has 1 heterocycles. The summed E-state index contributed by atoms with van der Waals surface area (Å²) in [5.74, 6) is 0.676. The maximum absolute atomic E-state index is 13.4. The Balaban J connectivity index is 1.88. The molecule has 1 aromatic rings. The third-order valence-corrected chi connectivity index (χ3v) is 7.03. The number of halogens is 1. The number of ether oxygens (including phenoxy) is 3. The van der Waals surface area contributed by atoms with Crippen LogP contribution in [0.1, 0.15) is 56.4 Å². The second kappa shape index (κ2) is 10.8. The molecular weight excluding hydrogens is 454 g/mol. The largest absolute Gasteiger partial charge is 0.493 e. The average Bonchev–Trinajstić information content (AvgIpc) is 2.83. The zero-order chi connectivity index (χ0) is 24.2. The van der Waals surface area contributed by atoms with E-state index < -0.39 is 5.92 Å². The van der Waals surface area contributed by atoms with Gasteiger partial charge in [0.2, 0.25) is 0 Å². The molecule has 1 aliphatic heterocycles. The van der Waals surface area contributed by atoms with Crippen LogP contribution in [0.25, 0.3) is 0 Å². The van der Waals surface area contributed by atoms with Gasteiger partial charge in [0, 0.05) is 61.6 Å². The Hall–Kier alpha value is -2.57. The lowest BCUT2D eigenvalue weighted by Gasteiger charge is -2.44. The van der Waals surface area contributed by atoms with Gasteiger partial charge in [-0.2, -0.15) is 0 Å². The van der Waals surface area contributed by atoms with Crippen molar-refractivity contribution in [1.82, 2.24) is 4.90 Å². The number of ketones is 2. The van der Waals surface area contributed by atoms with Gasteiger partial charge >= 0.3 is 0 Å². The first kappa shape index (κ1) is 24.6. The Morgan fingerprint density at radius 1 is 1.06 bits per heavy atom. The van der Waals surface area contributed by atoms with Crippen molar-refractivity contribution in [2.75, 3.05) is 34.0 Å². The Morgan fingerprint density at radius 2 is 1.71 bits per heavy atom. The van der Waals surface area contributed by atoms with Crippen LogP contribution in [0.4, 0.5) is 0 Å². The molecule has 0 fully saturated rings. The molecule has 0 spiro atoms. The Labute approximate surface area is 206 Å². The van der Waals surface area contributed by atoms with Crippen molar-refractivity contribution >= 4 is 23.2 Å². The molecule has 0 bridgehead atoms. The first-order valence-electron chi connectivity index (χ1n) is 11.9. The van der Waals surface area contributed by atoms with E-state index >= 15 is 0 Å². The van der Waals surface area contributed by atoms with Gasteiger partial charge in [0.1, 0.15) is 6.61 Å². The maximum Gasteiger partial charge on any atom is 0.180 e. The van der Waals surface area contributed by atoms with Gasteiger partial charge in [0.15, 0.2) is 23.1 Å². The number of carbonyl (C=O) groups is 2. The molecule has 0 aromatic heterocycles. The van der Waals surface area contributed by atoms with Gasteiger partial charge in [0.25, 0.3) is 0 Å². The highest BCUT2D eigenvalue weighted by Gasteiger charge is 2.43. The van der Waals surface area contributed by atoms with E-state index in [1.807, 2.05) is 12.1 Å². The summed E-state index contributed by atoms with van der Waals surface area (Å²) < 4.78 is 16.6. The lowest BCUT2D eigenvalue weighted by Crippen LogP contribution is -2.39. The van der Waals surface area contributed by atoms with Crippen molar-refractivity contribution in [3.8, 4) is 11.5 Å². The van der Waals surface area contributed by atoms with E-state index in [1.54, 1.807) is 20.3 Å². The van der Waals surface area contributed by atoms with Crippen LogP contribution in [0, 0.1) is 0 Å². The highest BCUT2D eigenvalue weighted by Crippen LogP contribution is 2.51. The van der Waals surface area contributed by atoms with Crippen molar-refractivity contribution in [2.45, 2.75) is 50.9 Å². The quantitative estimate of drug-likeness (QED) is 0.346. The lowest BCUT2D eigenvalue weighted by atomic mass is 9.71. The fourth-order valence-electron chi connectivity index (χ4n) is 5.38.